The minimum absolute atomic E-state index is 0.183. The predicted octanol–water partition coefficient (Wildman–Crippen LogP) is 1.92. The summed E-state index contributed by atoms with van der Waals surface area (Å²) in [5, 5.41) is 14.1. The first-order valence-electron chi connectivity index (χ1n) is 16.1. The lowest BCUT2D eigenvalue weighted by Gasteiger charge is -2.23. The van der Waals surface area contributed by atoms with Crippen molar-refractivity contribution in [3.05, 3.63) is 59.7 Å². The van der Waals surface area contributed by atoms with Gasteiger partial charge in [-0.15, -0.1) is 11.8 Å². The molecule has 262 valence electrons. The summed E-state index contributed by atoms with van der Waals surface area (Å²) in [6.07, 6.45) is 3.77. The summed E-state index contributed by atoms with van der Waals surface area (Å²) in [6, 6.07) is 10.3. The molecule has 2 fully saturated rings. The third-order valence-electron chi connectivity index (χ3n) is 7.82. The fraction of sp³-hybridized carbons (Fsp3) is 0.444. The Morgan fingerprint density at radius 3 is 1.53 bits per heavy atom. The minimum Gasteiger partial charge on any atom is -0.481 e. The second-order valence-electron chi connectivity index (χ2n) is 11.4. The summed E-state index contributed by atoms with van der Waals surface area (Å²) in [4.78, 5) is 48.6. The van der Waals surface area contributed by atoms with Gasteiger partial charge >= 0.3 is 5.97 Å². The van der Waals surface area contributed by atoms with E-state index in [1.807, 2.05) is 0 Å². The summed E-state index contributed by atoms with van der Waals surface area (Å²) >= 11 is 0. The van der Waals surface area contributed by atoms with Crippen molar-refractivity contribution in [1.29, 1.82) is 0 Å². The van der Waals surface area contributed by atoms with Crippen LogP contribution < -0.4 is 37.1 Å². The Labute approximate surface area is 286 Å². The van der Waals surface area contributed by atoms with Crippen molar-refractivity contribution in [3.8, 4) is 35.2 Å². The average Bonchev–Trinajstić information content (AvgIpc) is 4.04. The van der Waals surface area contributed by atoms with Gasteiger partial charge < -0.3 is 36.3 Å². The summed E-state index contributed by atoms with van der Waals surface area (Å²) in [5.74, 6) is 10.7. The number of amides is 3. The molecule has 49 heavy (non-hydrogen) atoms. The highest BCUT2D eigenvalue weighted by atomic mass is 16.5. The van der Waals surface area contributed by atoms with Crippen molar-refractivity contribution in [3.63, 3.8) is 0 Å². The van der Waals surface area contributed by atoms with E-state index in [2.05, 4.69) is 34.3 Å². The summed E-state index contributed by atoms with van der Waals surface area (Å²) in [6.45, 7) is 6.00. The van der Waals surface area contributed by atoms with Crippen molar-refractivity contribution in [2.45, 2.75) is 70.6 Å². The van der Waals surface area contributed by atoms with Crippen LogP contribution in [0.15, 0.2) is 48.5 Å². The molecule has 4 atom stereocenters. The van der Waals surface area contributed by atoms with Gasteiger partial charge in [-0.1, -0.05) is 11.8 Å². The number of carbonyl (C=O) groups is 4. The highest BCUT2D eigenvalue weighted by Gasteiger charge is 2.40. The third-order valence-corrected chi connectivity index (χ3v) is 7.82. The smallest absolute Gasteiger partial charge is 0.330 e. The Bertz CT molecular complexity index is 1530. The molecule has 2 aromatic carbocycles. The van der Waals surface area contributed by atoms with Crippen LogP contribution in [0.5, 0.6) is 11.5 Å². The van der Waals surface area contributed by atoms with Crippen LogP contribution >= 0.6 is 0 Å². The van der Waals surface area contributed by atoms with Crippen LogP contribution in [0.3, 0.4) is 0 Å². The maximum Gasteiger partial charge on any atom is 0.330 e. The largest absolute Gasteiger partial charge is 0.481 e. The van der Waals surface area contributed by atoms with E-state index in [1.54, 1.807) is 74.8 Å². The number of benzene rings is 2. The first-order chi connectivity index (χ1) is 23.6. The molecule has 2 aliphatic carbocycles. The van der Waals surface area contributed by atoms with Crippen LogP contribution in [0, 0.1) is 35.5 Å². The van der Waals surface area contributed by atoms with Gasteiger partial charge in [0.2, 0.25) is 0 Å². The van der Waals surface area contributed by atoms with Gasteiger partial charge in [0, 0.05) is 23.2 Å². The topological polar surface area (TPSA) is 204 Å². The number of ether oxygens (including phenoxy) is 3. The molecule has 2 aliphatic rings. The molecule has 0 spiro atoms. The number of esters is 1. The van der Waals surface area contributed by atoms with Crippen LogP contribution in [0.1, 0.15) is 67.2 Å². The van der Waals surface area contributed by atoms with Gasteiger partial charge in [-0.25, -0.2) is 10.3 Å². The highest BCUT2D eigenvalue weighted by molar-refractivity contribution is 5.98. The molecular formula is C36H45N5O8. The van der Waals surface area contributed by atoms with Crippen LogP contribution in [0.25, 0.3) is 0 Å². The van der Waals surface area contributed by atoms with Crippen LogP contribution in [0.2, 0.25) is 0 Å². The van der Waals surface area contributed by atoms with Gasteiger partial charge in [0.1, 0.15) is 36.8 Å². The highest BCUT2D eigenvalue weighted by Crippen LogP contribution is 2.34. The van der Waals surface area contributed by atoms with E-state index in [0.717, 1.165) is 25.7 Å². The molecule has 0 aliphatic heterocycles. The molecule has 2 aromatic rings. The number of carbonyl (C=O) groups excluding carboxylic acids is 4. The third kappa shape index (κ3) is 12.5. The van der Waals surface area contributed by atoms with Crippen molar-refractivity contribution < 1.29 is 38.6 Å². The molecule has 2 saturated carbocycles. The number of hydrogen-bond acceptors (Lipinski definition) is 10. The minimum atomic E-state index is -0.981. The van der Waals surface area contributed by atoms with Crippen molar-refractivity contribution in [2.24, 2.45) is 23.3 Å². The van der Waals surface area contributed by atoms with Gasteiger partial charge in [0.15, 0.2) is 0 Å². The van der Waals surface area contributed by atoms with E-state index < -0.39 is 42.0 Å². The lowest BCUT2D eigenvalue weighted by atomic mass is 10.0. The second-order valence-corrected chi connectivity index (χ2v) is 11.4. The van der Waals surface area contributed by atoms with Gasteiger partial charge in [-0.05, 0) is 107 Å². The molecule has 13 heteroatoms. The van der Waals surface area contributed by atoms with E-state index in [9.17, 15) is 19.2 Å². The Morgan fingerprint density at radius 2 is 1.16 bits per heavy atom. The van der Waals surface area contributed by atoms with E-state index >= 15 is 0 Å². The zero-order valence-corrected chi connectivity index (χ0v) is 28.0. The molecule has 0 heterocycles. The average molecular weight is 676 g/mol. The van der Waals surface area contributed by atoms with Crippen molar-refractivity contribution >= 4 is 23.7 Å². The lowest BCUT2D eigenvalue weighted by molar-refractivity contribution is -0.146. The first-order valence-corrected chi connectivity index (χ1v) is 16.1. The molecule has 13 nitrogen and oxygen atoms in total. The van der Waals surface area contributed by atoms with Gasteiger partial charge in [0.25, 0.3) is 17.7 Å². The molecule has 0 saturated heterocycles. The van der Waals surface area contributed by atoms with Gasteiger partial charge in [-0.2, -0.15) is 0 Å². The van der Waals surface area contributed by atoms with E-state index in [-0.39, 0.29) is 31.0 Å². The SMILES string of the molecule is CC#CCOc1ccc(C(=O)N[C@H](C(=O)NO)[C@H](N)C2CC2)cc1.CC#CCOc1ccc(C(=O)N[C@H](C(=O)OCC)[C@H](N)C2CC2)cc1. The quantitative estimate of drug-likeness (QED) is 0.0700. The number of hydrogen-bond donors (Lipinski definition) is 6. The number of nitrogens with one attached hydrogen (secondary N) is 3. The summed E-state index contributed by atoms with van der Waals surface area (Å²) in [7, 11) is 0. The summed E-state index contributed by atoms with van der Waals surface area (Å²) in [5.41, 5.74) is 14.5. The standard InChI is InChI=1S/C19H24N2O4.C17H21N3O4/c1-3-5-12-25-15-10-8-14(9-11-15)18(22)21-17(19(23)24-4-2)16(20)13-6-7-13;1-2-3-10-24-13-8-6-12(7-9-13)16(21)19-15(17(22)20-23)14(18)11-4-5-11/h8-11,13,16-17H,4,6-7,12,20H2,1-2H3,(H,21,22);6-9,11,14-15,23H,4-5,10,18H2,1H3,(H,19,21)(H,20,22)/t16-,17+;14-,15+/m11/s1. The number of nitrogens with two attached hydrogens (primary N) is 2. The monoisotopic (exact) mass is 675 g/mol. The summed E-state index contributed by atoms with van der Waals surface area (Å²) < 4.78 is 15.8. The lowest BCUT2D eigenvalue weighted by Crippen LogP contribution is -2.56. The van der Waals surface area contributed by atoms with Crippen LogP contribution in [-0.2, 0) is 14.3 Å². The fourth-order valence-corrected chi connectivity index (χ4v) is 4.69. The maximum absolute atomic E-state index is 12.4. The Kier molecular flexibility index (Phi) is 15.4. The molecule has 0 bridgehead atoms. The number of hydroxylamine groups is 1. The molecule has 8 N–H and O–H groups in total. The molecular weight excluding hydrogens is 630 g/mol. The Morgan fingerprint density at radius 1 is 0.755 bits per heavy atom. The van der Waals surface area contributed by atoms with Crippen LogP contribution in [0.4, 0.5) is 0 Å². The zero-order valence-electron chi connectivity index (χ0n) is 28.0. The van der Waals surface area contributed by atoms with Gasteiger partial charge in [-0.3, -0.25) is 19.6 Å². The van der Waals surface area contributed by atoms with E-state index in [4.69, 9.17) is 30.9 Å². The zero-order chi connectivity index (χ0) is 35.8. The number of rotatable bonds is 15. The molecule has 0 radical (unpaired) electrons. The first kappa shape index (κ1) is 38.4. The molecule has 0 aromatic heterocycles. The van der Waals surface area contributed by atoms with Crippen LogP contribution in [-0.4, -0.2) is 72.9 Å². The second kappa shape index (κ2) is 19.7. The molecule has 4 rings (SSSR count). The normalized spacial score (nSPS) is 15.4. The molecule has 0 unspecified atom stereocenters. The van der Waals surface area contributed by atoms with E-state index in [1.165, 1.54) is 0 Å². The Balaban J connectivity index is 0.000000266. The predicted molar refractivity (Wildman–Crippen MR) is 181 cm³/mol. The van der Waals surface area contributed by atoms with Crippen molar-refractivity contribution in [2.75, 3.05) is 19.8 Å². The molecule has 3 amide bonds. The van der Waals surface area contributed by atoms with Crippen molar-refractivity contribution in [1.82, 2.24) is 16.1 Å². The van der Waals surface area contributed by atoms with E-state index in [0.29, 0.717) is 29.2 Å². The van der Waals surface area contributed by atoms with Gasteiger partial charge in [0.05, 0.1) is 6.61 Å². The Hall–Kier alpha value is -5.08. The fourth-order valence-electron chi connectivity index (χ4n) is 4.69. The maximum atomic E-state index is 12.4.